The number of hydrogen-bond acceptors (Lipinski definition) is 4. The molecule has 106 valence electrons. The highest BCUT2D eigenvalue weighted by atomic mass is 32.2. The molecule has 0 heterocycles. The van der Waals surface area contributed by atoms with Gasteiger partial charge in [-0.15, -0.1) is 0 Å². The van der Waals surface area contributed by atoms with Gasteiger partial charge in [-0.25, -0.2) is 8.42 Å². The zero-order valence-corrected chi connectivity index (χ0v) is 11.9. The molecule has 0 bridgehead atoms. The highest BCUT2D eigenvalue weighted by Crippen LogP contribution is 2.11. The Morgan fingerprint density at radius 3 is 2.37 bits per heavy atom. The Morgan fingerprint density at radius 1 is 1.26 bits per heavy atom. The van der Waals surface area contributed by atoms with Crippen LogP contribution in [0.4, 0.5) is 0 Å². The topological polar surface area (TPSA) is 83.5 Å². The third kappa shape index (κ3) is 5.00. The van der Waals surface area contributed by atoms with E-state index >= 15 is 0 Å². The summed E-state index contributed by atoms with van der Waals surface area (Å²) in [5.41, 5.74) is -0.742. The fourth-order valence-corrected chi connectivity index (χ4v) is 2.71. The highest BCUT2D eigenvalue weighted by molar-refractivity contribution is 7.91. The molecular formula is C13H19NO4S. The summed E-state index contributed by atoms with van der Waals surface area (Å²) in [6.45, 7) is 3.12. The summed E-state index contributed by atoms with van der Waals surface area (Å²) in [6.07, 6.45) is -0.124. The summed E-state index contributed by atoms with van der Waals surface area (Å²) in [6, 6.07) is 8.02. The van der Waals surface area contributed by atoms with Gasteiger partial charge in [0.1, 0.15) is 0 Å². The lowest BCUT2D eigenvalue weighted by molar-refractivity contribution is -0.122. The van der Waals surface area contributed by atoms with E-state index < -0.39 is 21.3 Å². The van der Waals surface area contributed by atoms with Crippen LogP contribution < -0.4 is 5.32 Å². The van der Waals surface area contributed by atoms with Crippen molar-refractivity contribution in [1.29, 1.82) is 0 Å². The fraction of sp³-hybridized carbons (Fsp3) is 0.462. The van der Waals surface area contributed by atoms with Crippen LogP contribution in [0.5, 0.6) is 0 Å². The number of hydrogen-bond donors (Lipinski definition) is 2. The van der Waals surface area contributed by atoms with E-state index in [1.54, 1.807) is 32.0 Å². The van der Waals surface area contributed by atoms with Crippen LogP contribution in [0.25, 0.3) is 0 Å². The number of aliphatic hydroxyl groups excluding tert-OH is 1. The third-order valence-electron chi connectivity index (χ3n) is 2.57. The van der Waals surface area contributed by atoms with E-state index in [9.17, 15) is 13.2 Å². The van der Waals surface area contributed by atoms with E-state index in [1.807, 2.05) is 0 Å². The molecule has 2 N–H and O–H groups in total. The Bertz CT molecular complexity index is 523. The van der Waals surface area contributed by atoms with Crippen LogP contribution in [0.2, 0.25) is 0 Å². The second-order valence-corrected chi connectivity index (χ2v) is 7.08. The van der Waals surface area contributed by atoms with Gasteiger partial charge in [-0.3, -0.25) is 4.79 Å². The number of sulfone groups is 1. The number of benzene rings is 1. The first-order valence-corrected chi connectivity index (χ1v) is 7.62. The van der Waals surface area contributed by atoms with Crippen LogP contribution in [-0.4, -0.2) is 37.3 Å². The molecule has 1 aromatic rings. The summed E-state index contributed by atoms with van der Waals surface area (Å²) in [4.78, 5) is 11.8. The average molecular weight is 285 g/mol. The van der Waals surface area contributed by atoms with Gasteiger partial charge in [0.2, 0.25) is 5.91 Å². The van der Waals surface area contributed by atoms with Gasteiger partial charge in [0, 0.05) is 6.42 Å². The van der Waals surface area contributed by atoms with Crippen molar-refractivity contribution in [3.63, 3.8) is 0 Å². The summed E-state index contributed by atoms with van der Waals surface area (Å²) in [5, 5.41) is 11.6. The maximum absolute atomic E-state index is 11.9. The third-order valence-corrected chi connectivity index (χ3v) is 4.31. The molecule has 5 nitrogen and oxygen atoms in total. The molecule has 19 heavy (non-hydrogen) atoms. The van der Waals surface area contributed by atoms with E-state index in [2.05, 4.69) is 5.32 Å². The summed E-state index contributed by atoms with van der Waals surface area (Å²) < 4.78 is 23.9. The molecule has 0 aromatic heterocycles. The second kappa shape index (κ2) is 6.16. The van der Waals surface area contributed by atoms with Crippen LogP contribution in [0.3, 0.4) is 0 Å². The van der Waals surface area contributed by atoms with Gasteiger partial charge in [-0.05, 0) is 26.0 Å². The smallest absolute Gasteiger partial charge is 0.221 e. The van der Waals surface area contributed by atoms with Crippen molar-refractivity contribution in [3.05, 3.63) is 30.3 Å². The van der Waals surface area contributed by atoms with Gasteiger partial charge < -0.3 is 10.4 Å². The lowest BCUT2D eigenvalue weighted by Crippen LogP contribution is -2.46. The number of aliphatic hydroxyl groups is 1. The van der Waals surface area contributed by atoms with E-state index in [1.165, 1.54) is 12.1 Å². The van der Waals surface area contributed by atoms with Gasteiger partial charge in [-0.2, -0.15) is 0 Å². The summed E-state index contributed by atoms with van der Waals surface area (Å²) >= 11 is 0. The van der Waals surface area contributed by atoms with Crippen molar-refractivity contribution in [2.24, 2.45) is 0 Å². The number of carbonyl (C=O) groups is 1. The zero-order valence-electron chi connectivity index (χ0n) is 11.1. The maximum Gasteiger partial charge on any atom is 0.221 e. The Hall–Kier alpha value is -1.40. The van der Waals surface area contributed by atoms with Gasteiger partial charge in [0.05, 0.1) is 22.8 Å². The van der Waals surface area contributed by atoms with Crippen LogP contribution in [0.15, 0.2) is 35.2 Å². The molecule has 0 spiro atoms. The van der Waals surface area contributed by atoms with Crippen LogP contribution >= 0.6 is 0 Å². The molecule has 0 aliphatic heterocycles. The Morgan fingerprint density at radius 2 is 1.84 bits per heavy atom. The van der Waals surface area contributed by atoms with Crippen molar-refractivity contribution < 1.29 is 18.3 Å². The second-order valence-electron chi connectivity index (χ2n) is 4.97. The molecule has 0 fully saturated rings. The van der Waals surface area contributed by atoms with Crippen molar-refractivity contribution >= 4 is 15.7 Å². The van der Waals surface area contributed by atoms with Crippen LogP contribution in [0.1, 0.15) is 20.3 Å². The molecule has 1 aromatic carbocycles. The van der Waals surface area contributed by atoms with Crippen molar-refractivity contribution in [3.8, 4) is 0 Å². The Kier molecular flexibility index (Phi) is 5.08. The van der Waals surface area contributed by atoms with E-state index in [4.69, 9.17) is 5.11 Å². The molecule has 0 aliphatic rings. The minimum absolute atomic E-state index is 0.124. The van der Waals surface area contributed by atoms with Gasteiger partial charge >= 0.3 is 0 Å². The zero-order chi connectivity index (χ0) is 14.5. The lowest BCUT2D eigenvalue weighted by atomic mass is 10.1. The minimum atomic E-state index is -3.44. The molecule has 0 radical (unpaired) electrons. The number of amides is 1. The monoisotopic (exact) mass is 285 g/mol. The molecular weight excluding hydrogens is 266 g/mol. The van der Waals surface area contributed by atoms with Crippen molar-refractivity contribution in [2.45, 2.75) is 30.7 Å². The fourth-order valence-electron chi connectivity index (χ4n) is 1.45. The first kappa shape index (κ1) is 15.7. The molecule has 0 atom stereocenters. The average Bonchev–Trinajstić information content (AvgIpc) is 2.37. The van der Waals surface area contributed by atoms with E-state index in [-0.39, 0.29) is 23.7 Å². The molecule has 0 saturated heterocycles. The van der Waals surface area contributed by atoms with E-state index in [0.717, 1.165) is 0 Å². The van der Waals surface area contributed by atoms with Crippen LogP contribution in [-0.2, 0) is 14.6 Å². The molecule has 0 unspecified atom stereocenters. The molecule has 1 rings (SSSR count). The largest absolute Gasteiger partial charge is 0.394 e. The normalized spacial score (nSPS) is 12.2. The first-order valence-electron chi connectivity index (χ1n) is 5.96. The molecule has 0 aliphatic carbocycles. The first-order chi connectivity index (χ1) is 8.77. The predicted molar refractivity (Wildman–Crippen MR) is 72.4 cm³/mol. The molecule has 6 heteroatoms. The Labute approximate surface area is 113 Å². The number of carbonyl (C=O) groups excluding carboxylic acids is 1. The standard InChI is InChI=1S/C13H19NO4S/c1-13(2,10-15)14-12(16)8-9-19(17,18)11-6-4-3-5-7-11/h3-7,15H,8-10H2,1-2H3,(H,14,16). The molecule has 0 saturated carbocycles. The molecule has 1 amide bonds. The van der Waals surface area contributed by atoms with Crippen LogP contribution in [0, 0.1) is 0 Å². The van der Waals surface area contributed by atoms with E-state index in [0.29, 0.717) is 0 Å². The quantitative estimate of drug-likeness (QED) is 0.807. The van der Waals surface area contributed by atoms with Crippen molar-refractivity contribution in [2.75, 3.05) is 12.4 Å². The van der Waals surface area contributed by atoms with Gasteiger partial charge in [-0.1, -0.05) is 18.2 Å². The van der Waals surface area contributed by atoms with Gasteiger partial charge in [0.15, 0.2) is 9.84 Å². The van der Waals surface area contributed by atoms with Crippen molar-refractivity contribution in [1.82, 2.24) is 5.32 Å². The Balaban J connectivity index is 2.60. The minimum Gasteiger partial charge on any atom is -0.394 e. The number of rotatable bonds is 6. The van der Waals surface area contributed by atoms with Gasteiger partial charge in [0.25, 0.3) is 0 Å². The maximum atomic E-state index is 11.9. The predicted octanol–water partition coefficient (Wildman–Crippen LogP) is 0.737. The lowest BCUT2D eigenvalue weighted by Gasteiger charge is -2.23. The SMILES string of the molecule is CC(C)(CO)NC(=O)CCS(=O)(=O)c1ccccc1. The summed E-state index contributed by atoms with van der Waals surface area (Å²) in [5.74, 6) is -0.636. The number of nitrogens with one attached hydrogen (secondary N) is 1. The summed E-state index contributed by atoms with van der Waals surface area (Å²) in [7, 11) is -3.44. The highest BCUT2D eigenvalue weighted by Gasteiger charge is 2.21.